The summed E-state index contributed by atoms with van der Waals surface area (Å²) in [7, 11) is 2.17. The minimum atomic E-state index is 0.308. The van der Waals surface area contributed by atoms with Crippen LogP contribution in [0.3, 0.4) is 0 Å². The standard InChI is InChI=1S/C14H24N2S2/c1-11(10-17-3)16(2)14(9-15)12-5-7-13(18-4)8-6-12/h5-8,11,14H,9-10,15H2,1-4H3. The van der Waals surface area contributed by atoms with Gasteiger partial charge in [0.05, 0.1) is 0 Å². The highest BCUT2D eigenvalue weighted by molar-refractivity contribution is 7.98. The SMILES string of the molecule is CSCC(C)N(C)C(CN)c1ccc(SC)cc1. The van der Waals surface area contributed by atoms with Gasteiger partial charge in [-0.2, -0.15) is 11.8 Å². The van der Waals surface area contributed by atoms with E-state index < -0.39 is 0 Å². The van der Waals surface area contributed by atoms with Crippen molar-refractivity contribution >= 4 is 23.5 Å². The Morgan fingerprint density at radius 1 is 1.22 bits per heavy atom. The minimum Gasteiger partial charge on any atom is -0.329 e. The average molecular weight is 284 g/mol. The van der Waals surface area contributed by atoms with Crippen molar-refractivity contribution in [2.45, 2.75) is 23.9 Å². The maximum absolute atomic E-state index is 5.96. The second-order valence-electron chi connectivity index (χ2n) is 4.49. The summed E-state index contributed by atoms with van der Waals surface area (Å²) in [5.74, 6) is 1.13. The van der Waals surface area contributed by atoms with Gasteiger partial charge in [0, 0.05) is 29.3 Å². The zero-order chi connectivity index (χ0) is 13.5. The highest BCUT2D eigenvalue weighted by Gasteiger charge is 2.19. The fourth-order valence-electron chi connectivity index (χ4n) is 2.03. The van der Waals surface area contributed by atoms with Crippen LogP contribution in [0.2, 0.25) is 0 Å². The Balaban J connectivity index is 2.80. The zero-order valence-corrected chi connectivity index (χ0v) is 13.4. The lowest BCUT2D eigenvalue weighted by atomic mass is 10.0. The van der Waals surface area contributed by atoms with Crippen LogP contribution in [0, 0.1) is 0 Å². The van der Waals surface area contributed by atoms with Crippen LogP contribution >= 0.6 is 23.5 Å². The van der Waals surface area contributed by atoms with Gasteiger partial charge in [-0.1, -0.05) is 12.1 Å². The number of thioether (sulfide) groups is 2. The van der Waals surface area contributed by atoms with E-state index in [1.165, 1.54) is 10.5 Å². The molecule has 0 aliphatic carbocycles. The largest absolute Gasteiger partial charge is 0.329 e. The summed E-state index contributed by atoms with van der Waals surface area (Å²) < 4.78 is 0. The first-order chi connectivity index (χ1) is 8.63. The molecule has 4 heteroatoms. The van der Waals surface area contributed by atoms with Crippen molar-refractivity contribution in [2.24, 2.45) is 5.73 Å². The molecule has 0 aromatic heterocycles. The summed E-state index contributed by atoms with van der Waals surface area (Å²) in [5, 5.41) is 0. The lowest BCUT2D eigenvalue weighted by molar-refractivity contribution is 0.204. The molecule has 0 amide bonds. The van der Waals surface area contributed by atoms with Crippen molar-refractivity contribution in [3.63, 3.8) is 0 Å². The Morgan fingerprint density at radius 3 is 2.28 bits per heavy atom. The molecular formula is C14H24N2S2. The quantitative estimate of drug-likeness (QED) is 0.779. The highest BCUT2D eigenvalue weighted by Crippen LogP contribution is 2.24. The topological polar surface area (TPSA) is 29.3 Å². The van der Waals surface area contributed by atoms with Gasteiger partial charge in [-0.3, -0.25) is 4.90 Å². The molecule has 0 heterocycles. The predicted molar refractivity (Wildman–Crippen MR) is 85.6 cm³/mol. The molecule has 2 N–H and O–H groups in total. The Hall–Kier alpha value is -0.160. The van der Waals surface area contributed by atoms with Crippen molar-refractivity contribution < 1.29 is 0 Å². The summed E-state index contributed by atoms with van der Waals surface area (Å²) in [6, 6.07) is 9.60. The third-order valence-electron chi connectivity index (χ3n) is 3.32. The summed E-state index contributed by atoms with van der Waals surface area (Å²) in [6.07, 6.45) is 4.25. The number of nitrogens with zero attached hydrogens (tertiary/aromatic N) is 1. The van der Waals surface area contributed by atoms with Gasteiger partial charge >= 0.3 is 0 Å². The number of benzene rings is 1. The summed E-state index contributed by atoms with van der Waals surface area (Å²) in [5.41, 5.74) is 7.27. The van der Waals surface area contributed by atoms with E-state index in [0.29, 0.717) is 18.6 Å². The van der Waals surface area contributed by atoms with Crippen LogP contribution in [-0.2, 0) is 0 Å². The summed E-state index contributed by atoms with van der Waals surface area (Å²) >= 11 is 3.65. The van der Waals surface area contributed by atoms with E-state index in [2.05, 4.69) is 55.6 Å². The molecule has 18 heavy (non-hydrogen) atoms. The van der Waals surface area contributed by atoms with Gasteiger partial charge in [0.1, 0.15) is 0 Å². The third-order valence-corrected chi connectivity index (χ3v) is 4.88. The molecule has 2 unspecified atom stereocenters. The predicted octanol–water partition coefficient (Wildman–Crippen LogP) is 3.09. The molecule has 1 aromatic rings. The van der Waals surface area contributed by atoms with Crippen molar-refractivity contribution in [3.05, 3.63) is 29.8 Å². The van der Waals surface area contributed by atoms with Crippen molar-refractivity contribution in [3.8, 4) is 0 Å². The maximum Gasteiger partial charge on any atom is 0.0470 e. The molecule has 0 radical (unpaired) electrons. The van der Waals surface area contributed by atoms with Crippen LogP contribution in [0.5, 0.6) is 0 Å². The molecule has 2 atom stereocenters. The number of hydrogen-bond acceptors (Lipinski definition) is 4. The lowest BCUT2D eigenvalue weighted by Gasteiger charge is -2.32. The highest BCUT2D eigenvalue weighted by atomic mass is 32.2. The molecule has 0 spiro atoms. The molecule has 0 saturated carbocycles. The van der Waals surface area contributed by atoms with Crippen molar-refractivity contribution in [2.75, 3.05) is 31.9 Å². The fraction of sp³-hybridized carbons (Fsp3) is 0.571. The Bertz CT molecular complexity index is 340. The first-order valence-electron chi connectivity index (χ1n) is 6.19. The van der Waals surface area contributed by atoms with Gasteiger partial charge in [0.2, 0.25) is 0 Å². The first-order valence-corrected chi connectivity index (χ1v) is 8.80. The molecule has 102 valence electrons. The number of nitrogens with two attached hydrogens (primary N) is 1. The molecule has 0 fully saturated rings. The maximum atomic E-state index is 5.96. The zero-order valence-electron chi connectivity index (χ0n) is 11.7. The van der Waals surface area contributed by atoms with E-state index in [9.17, 15) is 0 Å². The van der Waals surface area contributed by atoms with Crippen LogP contribution in [0.4, 0.5) is 0 Å². The van der Waals surface area contributed by atoms with E-state index in [-0.39, 0.29) is 0 Å². The molecule has 2 nitrogen and oxygen atoms in total. The lowest BCUT2D eigenvalue weighted by Crippen LogP contribution is -2.38. The van der Waals surface area contributed by atoms with Crippen LogP contribution in [0.15, 0.2) is 29.2 Å². The number of likely N-dealkylation sites (N-methyl/N-ethyl adjacent to an activating group) is 1. The van der Waals surface area contributed by atoms with Gasteiger partial charge < -0.3 is 5.73 Å². The molecule has 0 saturated heterocycles. The van der Waals surface area contributed by atoms with E-state index in [0.717, 1.165) is 5.75 Å². The average Bonchev–Trinajstić information content (AvgIpc) is 2.40. The van der Waals surface area contributed by atoms with E-state index in [1.807, 2.05) is 11.8 Å². The Morgan fingerprint density at radius 2 is 1.83 bits per heavy atom. The minimum absolute atomic E-state index is 0.308. The van der Waals surface area contributed by atoms with Gasteiger partial charge in [0.25, 0.3) is 0 Å². The molecule has 0 aliphatic rings. The third kappa shape index (κ3) is 4.19. The number of rotatable bonds is 7. The molecular weight excluding hydrogens is 260 g/mol. The summed E-state index contributed by atoms with van der Waals surface area (Å²) in [6.45, 7) is 2.92. The van der Waals surface area contributed by atoms with E-state index >= 15 is 0 Å². The fourth-order valence-corrected chi connectivity index (χ4v) is 3.16. The van der Waals surface area contributed by atoms with Crippen molar-refractivity contribution in [1.82, 2.24) is 4.90 Å². The van der Waals surface area contributed by atoms with Gasteiger partial charge in [-0.25, -0.2) is 0 Å². The van der Waals surface area contributed by atoms with E-state index in [4.69, 9.17) is 5.73 Å². The molecule has 1 aromatic carbocycles. The molecule has 0 aliphatic heterocycles. The van der Waals surface area contributed by atoms with Gasteiger partial charge in [-0.15, -0.1) is 11.8 Å². The van der Waals surface area contributed by atoms with E-state index in [1.54, 1.807) is 11.8 Å². The monoisotopic (exact) mass is 284 g/mol. The van der Waals surface area contributed by atoms with Crippen LogP contribution in [-0.4, -0.2) is 42.8 Å². The Labute approximate surface area is 120 Å². The molecule has 0 bridgehead atoms. The first kappa shape index (κ1) is 15.9. The normalized spacial score (nSPS) is 14.8. The van der Waals surface area contributed by atoms with Gasteiger partial charge in [-0.05, 0) is 44.2 Å². The van der Waals surface area contributed by atoms with Crippen molar-refractivity contribution in [1.29, 1.82) is 0 Å². The Kier molecular flexibility index (Phi) is 7.15. The van der Waals surface area contributed by atoms with Crippen LogP contribution < -0.4 is 5.73 Å². The summed E-state index contributed by atoms with van der Waals surface area (Å²) in [4.78, 5) is 3.68. The second-order valence-corrected chi connectivity index (χ2v) is 6.28. The second kappa shape index (κ2) is 8.10. The number of hydrogen-bond donors (Lipinski definition) is 1. The smallest absolute Gasteiger partial charge is 0.0470 e. The van der Waals surface area contributed by atoms with Gasteiger partial charge in [0.15, 0.2) is 0 Å². The van der Waals surface area contributed by atoms with Crippen LogP contribution in [0.25, 0.3) is 0 Å². The van der Waals surface area contributed by atoms with Crippen LogP contribution in [0.1, 0.15) is 18.5 Å². The molecule has 1 rings (SSSR count).